The van der Waals surface area contributed by atoms with Crippen LogP contribution in [-0.4, -0.2) is 19.2 Å². The number of carbonyl (C=O) groups excluding carboxylic acids is 1. The second-order valence-electron chi connectivity index (χ2n) is 4.78. The summed E-state index contributed by atoms with van der Waals surface area (Å²) in [7, 11) is 0. The lowest BCUT2D eigenvalue weighted by molar-refractivity contribution is -0.146. The van der Waals surface area contributed by atoms with Gasteiger partial charge in [0.2, 0.25) is 0 Å². The van der Waals surface area contributed by atoms with Crippen molar-refractivity contribution in [3.63, 3.8) is 0 Å². The van der Waals surface area contributed by atoms with Gasteiger partial charge in [-0.05, 0) is 23.6 Å². The number of carbonyl (C=O) groups is 1. The van der Waals surface area contributed by atoms with Gasteiger partial charge in [-0.15, -0.1) is 0 Å². The number of hydrogen-bond acceptors (Lipinski definition) is 3. The summed E-state index contributed by atoms with van der Waals surface area (Å²) in [5.74, 6) is 0.404. The van der Waals surface area contributed by atoms with Gasteiger partial charge in [0.05, 0.1) is 6.61 Å². The average molecular weight is 284 g/mol. The molecular weight excluding hydrogens is 264 g/mol. The molecule has 0 amide bonds. The molecule has 0 radical (unpaired) electrons. The molecule has 0 saturated heterocycles. The molecule has 0 aliphatic carbocycles. The Kier molecular flexibility index (Phi) is 5.83. The topological polar surface area (TPSA) is 35.5 Å². The minimum absolute atomic E-state index is 0.0498. The Labute approximate surface area is 125 Å². The SMILES string of the molecule is CCCOC(=O)COc1ccccc1Cc1ccccc1. The maximum Gasteiger partial charge on any atom is 0.344 e. The first-order valence-electron chi connectivity index (χ1n) is 7.20. The van der Waals surface area contributed by atoms with E-state index in [1.165, 1.54) is 5.56 Å². The van der Waals surface area contributed by atoms with Gasteiger partial charge in [0.15, 0.2) is 6.61 Å². The highest BCUT2D eigenvalue weighted by Crippen LogP contribution is 2.21. The average Bonchev–Trinajstić information content (AvgIpc) is 2.53. The second-order valence-corrected chi connectivity index (χ2v) is 4.78. The number of hydrogen-bond donors (Lipinski definition) is 0. The first kappa shape index (κ1) is 15.1. The zero-order valence-corrected chi connectivity index (χ0v) is 12.2. The van der Waals surface area contributed by atoms with Crippen molar-refractivity contribution in [1.82, 2.24) is 0 Å². The molecule has 0 N–H and O–H groups in total. The third-order valence-corrected chi connectivity index (χ3v) is 3.02. The maximum absolute atomic E-state index is 11.5. The van der Waals surface area contributed by atoms with Crippen LogP contribution in [-0.2, 0) is 16.0 Å². The van der Waals surface area contributed by atoms with Crippen LogP contribution in [0.2, 0.25) is 0 Å². The molecule has 3 heteroatoms. The molecule has 110 valence electrons. The lowest BCUT2D eigenvalue weighted by Gasteiger charge is -2.11. The molecular formula is C18H20O3. The highest BCUT2D eigenvalue weighted by atomic mass is 16.6. The molecule has 0 fully saturated rings. The van der Waals surface area contributed by atoms with Crippen LogP contribution in [0.5, 0.6) is 5.75 Å². The highest BCUT2D eigenvalue weighted by Gasteiger charge is 2.07. The fourth-order valence-electron chi connectivity index (χ4n) is 2.00. The monoisotopic (exact) mass is 284 g/mol. The summed E-state index contributed by atoms with van der Waals surface area (Å²) in [6, 6.07) is 17.9. The lowest BCUT2D eigenvalue weighted by Crippen LogP contribution is -2.15. The fourth-order valence-corrected chi connectivity index (χ4v) is 2.00. The summed E-state index contributed by atoms with van der Waals surface area (Å²) in [6.45, 7) is 2.35. The molecule has 3 nitrogen and oxygen atoms in total. The van der Waals surface area contributed by atoms with Gasteiger partial charge in [0, 0.05) is 6.42 Å². The van der Waals surface area contributed by atoms with E-state index in [2.05, 4.69) is 12.1 Å². The van der Waals surface area contributed by atoms with Crippen molar-refractivity contribution in [2.24, 2.45) is 0 Å². The molecule has 2 rings (SSSR count). The van der Waals surface area contributed by atoms with Crippen LogP contribution in [0.1, 0.15) is 24.5 Å². The first-order valence-corrected chi connectivity index (χ1v) is 7.20. The van der Waals surface area contributed by atoms with E-state index in [1.54, 1.807) is 0 Å². The Morgan fingerprint density at radius 2 is 1.71 bits per heavy atom. The van der Waals surface area contributed by atoms with Gasteiger partial charge in [-0.3, -0.25) is 0 Å². The summed E-state index contributed by atoms with van der Waals surface area (Å²) < 4.78 is 10.6. The smallest absolute Gasteiger partial charge is 0.344 e. The van der Waals surface area contributed by atoms with Gasteiger partial charge < -0.3 is 9.47 Å². The van der Waals surface area contributed by atoms with E-state index in [9.17, 15) is 4.79 Å². The summed E-state index contributed by atoms with van der Waals surface area (Å²) >= 11 is 0. The standard InChI is InChI=1S/C18H20O3/c1-2-12-20-18(19)14-21-17-11-7-6-10-16(17)13-15-8-4-3-5-9-15/h3-11H,2,12-14H2,1H3. The molecule has 0 spiro atoms. The first-order chi connectivity index (χ1) is 10.3. The van der Waals surface area contributed by atoms with E-state index in [4.69, 9.17) is 9.47 Å². The van der Waals surface area contributed by atoms with Gasteiger partial charge >= 0.3 is 5.97 Å². The Morgan fingerprint density at radius 1 is 1.00 bits per heavy atom. The summed E-state index contributed by atoms with van der Waals surface area (Å²) in [4.78, 5) is 11.5. The second kappa shape index (κ2) is 8.10. The van der Waals surface area contributed by atoms with E-state index in [0.717, 1.165) is 24.2 Å². The van der Waals surface area contributed by atoms with E-state index in [0.29, 0.717) is 6.61 Å². The van der Waals surface area contributed by atoms with Crippen LogP contribution in [0.3, 0.4) is 0 Å². The Bertz CT molecular complexity index is 564. The number of para-hydroxylation sites is 1. The van der Waals surface area contributed by atoms with Gasteiger partial charge in [0.25, 0.3) is 0 Å². The zero-order valence-electron chi connectivity index (χ0n) is 12.2. The van der Waals surface area contributed by atoms with Crippen LogP contribution in [0.4, 0.5) is 0 Å². The Balaban J connectivity index is 1.98. The minimum Gasteiger partial charge on any atom is -0.482 e. The molecule has 0 heterocycles. The van der Waals surface area contributed by atoms with Crippen LogP contribution in [0.25, 0.3) is 0 Å². The molecule has 0 aliphatic heterocycles. The number of esters is 1. The predicted octanol–water partition coefficient (Wildman–Crippen LogP) is 3.61. The molecule has 0 unspecified atom stereocenters. The van der Waals surface area contributed by atoms with Crippen LogP contribution < -0.4 is 4.74 Å². The van der Waals surface area contributed by atoms with Crippen molar-refractivity contribution < 1.29 is 14.3 Å². The van der Waals surface area contributed by atoms with Crippen molar-refractivity contribution in [2.75, 3.05) is 13.2 Å². The predicted molar refractivity (Wildman–Crippen MR) is 82.4 cm³/mol. The van der Waals surface area contributed by atoms with E-state index in [-0.39, 0.29) is 12.6 Å². The summed E-state index contributed by atoms with van der Waals surface area (Å²) in [5.41, 5.74) is 2.27. The third-order valence-electron chi connectivity index (χ3n) is 3.02. The van der Waals surface area contributed by atoms with Crippen molar-refractivity contribution in [2.45, 2.75) is 19.8 Å². The summed E-state index contributed by atoms with van der Waals surface area (Å²) in [5, 5.41) is 0. The zero-order chi connectivity index (χ0) is 14.9. The molecule has 0 saturated carbocycles. The lowest BCUT2D eigenvalue weighted by atomic mass is 10.0. The van der Waals surface area contributed by atoms with E-state index >= 15 is 0 Å². The van der Waals surface area contributed by atoms with Crippen LogP contribution in [0, 0.1) is 0 Å². The highest BCUT2D eigenvalue weighted by molar-refractivity contribution is 5.71. The van der Waals surface area contributed by atoms with Crippen molar-refractivity contribution >= 4 is 5.97 Å². The summed E-state index contributed by atoms with van der Waals surface area (Å²) in [6.07, 6.45) is 1.59. The van der Waals surface area contributed by atoms with Gasteiger partial charge in [-0.25, -0.2) is 4.79 Å². The van der Waals surface area contributed by atoms with E-state index < -0.39 is 0 Å². The molecule has 0 aromatic heterocycles. The normalized spacial score (nSPS) is 10.1. The molecule has 0 aliphatic rings. The molecule has 2 aromatic carbocycles. The van der Waals surface area contributed by atoms with Gasteiger partial charge in [0.1, 0.15) is 5.75 Å². The van der Waals surface area contributed by atoms with Crippen LogP contribution >= 0.6 is 0 Å². The largest absolute Gasteiger partial charge is 0.482 e. The van der Waals surface area contributed by atoms with Gasteiger partial charge in [-0.2, -0.15) is 0 Å². The molecule has 0 bridgehead atoms. The molecule has 21 heavy (non-hydrogen) atoms. The van der Waals surface area contributed by atoms with Crippen molar-refractivity contribution in [3.8, 4) is 5.75 Å². The Hall–Kier alpha value is -2.29. The number of benzene rings is 2. The maximum atomic E-state index is 11.5. The third kappa shape index (κ3) is 4.95. The van der Waals surface area contributed by atoms with Gasteiger partial charge in [-0.1, -0.05) is 55.5 Å². The van der Waals surface area contributed by atoms with Crippen LogP contribution in [0.15, 0.2) is 54.6 Å². The minimum atomic E-state index is -0.327. The van der Waals surface area contributed by atoms with Crippen molar-refractivity contribution in [1.29, 1.82) is 0 Å². The molecule has 2 aromatic rings. The quantitative estimate of drug-likeness (QED) is 0.729. The number of rotatable bonds is 7. The van der Waals surface area contributed by atoms with Crippen molar-refractivity contribution in [3.05, 3.63) is 65.7 Å². The molecule has 0 atom stereocenters. The van der Waals surface area contributed by atoms with E-state index in [1.807, 2.05) is 49.4 Å². The fraction of sp³-hybridized carbons (Fsp3) is 0.278. The number of ether oxygens (including phenoxy) is 2. The Morgan fingerprint density at radius 3 is 2.48 bits per heavy atom.